The molecule has 0 radical (unpaired) electrons. The molecule has 6 heteroatoms. The number of anilines is 1. The van der Waals surface area contributed by atoms with Crippen LogP contribution >= 0.6 is 0 Å². The number of hydrogen-bond donors (Lipinski definition) is 1. The summed E-state index contributed by atoms with van der Waals surface area (Å²) < 4.78 is 8.19. The average molecular weight is 385 g/mol. The van der Waals surface area contributed by atoms with E-state index in [1.165, 1.54) is 0 Å². The zero-order valence-electron chi connectivity index (χ0n) is 16.4. The van der Waals surface area contributed by atoms with Crippen LogP contribution in [-0.4, -0.2) is 21.1 Å². The largest absolute Gasteiger partial charge is 0.382 e. The summed E-state index contributed by atoms with van der Waals surface area (Å²) in [7, 11) is 0. The van der Waals surface area contributed by atoms with Crippen LogP contribution in [0.15, 0.2) is 54.9 Å². The third kappa shape index (κ3) is 3.78. The molecule has 2 aromatic carbocycles. The first kappa shape index (κ1) is 18.9. The van der Waals surface area contributed by atoms with E-state index < -0.39 is 0 Å². The second kappa shape index (κ2) is 8.29. The number of pyridine rings is 1. The van der Waals surface area contributed by atoms with Crippen LogP contribution in [0.3, 0.4) is 0 Å². The second-order valence-electron chi connectivity index (χ2n) is 7.09. The molecule has 29 heavy (non-hydrogen) atoms. The molecular formula is C23H23N5O. The minimum atomic E-state index is 0.142. The van der Waals surface area contributed by atoms with E-state index >= 15 is 0 Å². The van der Waals surface area contributed by atoms with Crippen molar-refractivity contribution in [3.8, 4) is 6.07 Å². The lowest BCUT2D eigenvalue weighted by Gasteiger charge is -2.19. The molecule has 0 fully saturated rings. The Balaban J connectivity index is 1.55. The molecule has 0 bridgehead atoms. The van der Waals surface area contributed by atoms with Gasteiger partial charge in [-0.2, -0.15) is 5.26 Å². The van der Waals surface area contributed by atoms with Gasteiger partial charge in [0.1, 0.15) is 5.52 Å². The van der Waals surface area contributed by atoms with Gasteiger partial charge in [-0.05, 0) is 23.6 Å². The molecule has 0 aliphatic heterocycles. The van der Waals surface area contributed by atoms with Crippen LogP contribution in [0.4, 0.5) is 5.82 Å². The minimum absolute atomic E-state index is 0.142. The number of benzene rings is 2. The van der Waals surface area contributed by atoms with Gasteiger partial charge in [-0.25, -0.2) is 9.97 Å². The molecule has 0 aliphatic rings. The van der Waals surface area contributed by atoms with Crippen molar-refractivity contribution in [1.82, 2.24) is 14.5 Å². The summed E-state index contributed by atoms with van der Waals surface area (Å²) in [5.41, 5.74) is 10.9. The highest BCUT2D eigenvalue weighted by Crippen LogP contribution is 2.30. The Bertz CT molecular complexity index is 1170. The van der Waals surface area contributed by atoms with Crippen molar-refractivity contribution < 1.29 is 4.74 Å². The molecule has 4 aromatic rings. The van der Waals surface area contributed by atoms with Crippen molar-refractivity contribution in [2.24, 2.45) is 0 Å². The van der Waals surface area contributed by atoms with Crippen molar-refractivity contribution in [3.05, 3.63) is 66.0 Å². The summed E-state index contributed by atoms with van der Waals surface area (Å²) >= 11 is 0. The monoisotopic (exact) mass is 385 g/mol. The first-order chi connectivity index (χ1) is 14.2. The third-order valence-electron chi connectivity index (χ3n) is 5.19. The van der Waals surface area contributed by atoms with Crippen LogP contribution in [0.1, 0.15) is 30.5 Å². The van der Waals surface area contributed by atoms with E-state index in [4.69, 9.17) is 15.7 Å². The van der Waals surface area contributed by atoms with Crippen LogP contribution in [0, 0.1) is 11.3 Å². The number of nitrogens with zero attached hydrogens (tertiary/aromatic N) is 4. The predicted molar refractivity (Wildman–Crippen MR) is 114 cm³/mol. The van der Waals surface area contributed by atoms with Crippen molar-refractivity contribution in [1.29, 1.82) is 5.26 Å². The Morgan fingerprint density at radius 2 is 1.90 bits per heavy atom. The van der Waals surface area contributed by atoms with Crippen LogP contribution in [0.2, 0.25) is 0 Å². The van der Waals surface area contributed by atoms with Crippen molar-refractivity contribution in [2.45, 2.75) is 32.4 Å². The molecule has 1 atom stereocenters. The van der Waals surface area contributed by atoms with E-state index in [2.05, 4.69) is 33.6 Å². The maximum Gasteiger partial charge on any atom is 0.152 e. The molecule has 4 rings (SSSR count). The number of aromatic nitrogens is 3. The number of rotatable bonds is 7. The zero-order valence-corrected chi connectivity index (χ0v) is 16.4. The zero-order chi connectivity index (χ0) is 20.2. The van der Waals surface area contributed by atoms with Crippen molar-refractivity contribution in [2.75, 3.05) is 12.3 Å². The second-order valence-corrected chi connectivity index (χ2v) is 7.09. The number of ether oxygens (including phenoxy) is 1. The topological polar surface area (TPSA) is 89.8 Å². The maximum absolute atomic E-state index is 8.77. The smallest absolute Gasteiger partial charge is 0.152 e. The summed E-state index contributed by atoms with van der Waals surface area (Å²) in [5.74, 6) is 0.450. The Hall–Kier alpha value is -3.43. The van der Waals surface area contributed by atoms with Gasteiger partial charge in [0.25, 0.3) is 0 Å². The van der Waals surface area contributed by atoms with E-state index in [0.717, 1.165) is 39.5 Å². The molecular weight excluding hydrogens is 362 g/mol. The molecule has 6 nitrogen and oxygen atoms in total. The predicted octanol–water partition coefficient (Wildman–Crippen LogP) is 4.40. The Morgan fingerprint density at radius 3 is 2.66 bits per heavy atom. The Labute approximate surface area is 169 Å². The fourth-order valence-electron chi connectivity index (χ4n) is 3.60. The number of fused-ring (bicyclic) bond motifs is 3. The Morgan fingerprint density at radius 1 is 1.14 bits per heavy atom. The molecule has 0 aliphatic carbocycles. The highest BCUT2D eigenvalue weighted by molar-refractivity contribution is 6.06. The highest BCUT2D eigenvalue weighted by atomic mass is 16.5. The van der Waals surface area contributed by atoms with Gasteiger partial charge in [0.05, 0.1) is 49.1 Å². The van der Waals surface area contributed by atoms with Gasteiger partial charge in [0.2, 0.25) is 0 Å². The number of nitriles is 1. The van der Waals surface area contributed by atoms with E-state index in [0.29, 0.717) is 25.5 Å². The summed E-state index contributed by atoms with van der Waals surface area (Å²) in [6.07, 6.45) is 3.17. The highest BCUT2D eigenvalue weighted by Gasteiger charge is 2.17. The number of para-hydroxylation sites is 1. The molecule has 2 heterocycles. The van der Waals surface area contributed by atoms with Crippen molar-refractivity contribution in [3.63, 3.8) is 0 Å². The lowest BCUT2D eigenvalue weighted by Crippen LogP contribution is -2.14. The molecule has 1 unspecified atom stereocenters. The number of nitrogen functional groups attached to an aromatic ring is 1. The van der Waals surface area contributed by atoms with Crippen LogP contribution < -0.4 is 5.73 Å². The summed E-state index contributed by atoms with van der Waals surface area (Å²) in [6, 6.07) is 18.3. The summed E-state index contributed by atoms with van der Waals surface area (Å²) in [4.78, 5) is 9.00. The lowest BCUT2D eigenvalue weighted by atomic mass is 10.1. The molecule has 0 saturated heterocycles. The minimum Gasteiger partial charge on any atom is -0.382 e. The number of imidazole rings is 1. The standard InChI is InChI=1S/C23H23N5O/c1-2-18(14-29-13-17-9-7-16(8-10-17)11-12-24)28-15-26-21-22(28)19-5-3-4-6-20(19)27-23(21)25/h3-10,15,18H,2,11,13-14H2,1H3,(H2,25,27). The Kier molecular flexibility index (Phi) is 5.41. The van der Waals surface area contributed by atoms with Gasteiger partial charge < -0.3 is 15.0 Å². The number of nitrogens with two attached hydrogens (primary N) is 1. The summed E-state index contributed by atoms with van der Waals surface area (Å²) in [5, 5.41) is 9.82. The SMILES string of the molecule is CCC(COCc1ccc(CC#N)cc1)n1cnc2c(N)nc3ccccc3c21. The average Bonchev–Trinajstić information content (AvgIpc) is 3.19. The molecule has 0 saturated carbocycles. The molecule has 0 spiro atoms. The molecule has 0 amide bonds. The van der Waals surface area contributed by atoms with E-state index in [9.17, 15) is 0 Å². The normalized spacial score (nSPS) is 12.3. The van der Waals surface area contributed by atoms with Gasteiger partial charge >= 0.3 is 0 Å². The molecule has 146 valence electrons. The van der Waals surface area contributed by atoms with Gasteiger partial charge in [-0.15, -0.1) is 0 Å². The quantitative estimate of drug-likeness (QED) is 0.509. The van der Waals surface area contributed by atoms with Gasteiger partial charge in [0.15, 0.2) is 5.82 Å². The molecule has 2 N–H and O–H groups in total. The maximum atomic E-state index is 8.77. The van der Waals surface area contributed by atoms with Gasteiger partial charge in [0, 0.05) is 5.39 Å². The van der Waals surface area contributed by atoms with Gasteiger partial charge in [-0.1, -0.05) is 49.4 Å². The van der Waals surface area contributed by atoms with Crippen LogP contribution in [-0.2, 0) is 17.8 Å². The number of hydrogen-bond acceptors (Lipinski definition) is 5. The summed E-state index contributed by atoms with van der Waals surface area (Å²) in [6.45, 7) is 3.24. The first-order valence-electron chi connectivity index (χ1n) is 9.74. The lowest BCUT2D eigenvalue weighted by molar-refractivity contribution is 0.0897. The van der Waals surface area contributed by atoms with E-state index in [1.807, 2.05) is 48.8 Å². The van der Waals surface area contributed by atoms with Crippen LogP contribution in [0.5, 0.6) is 0 Å². The molecule has 2 aromatic heterocycles. The third-order valence-corrected chi connectivity index (χ3v) is 5.19. The fourth-order valence-corrected chi connectivity index (χ4v) is 3.60. The van der Waals surface area contributed by atoms with E-state index in [1.54, 1.807) is 0 Å². The fraction of sp³-hybridized carbons (Fsp3) is 0.261. The van der Waals surface area contributed by atoms with E-state index in [-0.39, 0.29) is 6.04 Å². The van der Waals surface area contributed by atoms with Crippen LogP contribution in [0.25, 0.3) is 21.9 Å². The first-order valence-corrected chi connectivity index (χ1v) is 9.74. The van der Waals surface area contributed by atoms with Crippen molar-refractivity contribution >= 4 is 27.8 Å². The van der Waals surface area contributed by atoms with Gasteiger partial charge in [-0.3, -0.25) is 0 Å².